The van der Waals surface area contributed by atoms with E-state index in [-0.39, 0.29) is 17.5 Å². The number of ether oxygens (including phenoxy) is 1. The van der Waals surface area contributed by atoms with E-state index in [2.05, 4.69) is 17.1 Å². The first-order valence-corrected chi connectivity index (χ1v) is 6.72. The summed E-state index contributed by atoms with van der Waals surface area (Å²) in [4.78, 5) is 12.9. The molecule has 0 bridgehead atoms. The molecule has 1 aromatic rings. The van der Waals surface area contributed by atoms with Crippen molar-refractivity contribution in [2.75, 3.05) is 43.8 Å². The van der Waals surface area contributed by atoms with Gasteiger partial charge in [-0.1, -0.05) is 13.0 Å². The standard InChI is InChI=1S/C13H20N4O3/c1-2-16-6-7-20-10(9-16)8-15-12-5-3-4-11(14)13(12)17(18)19/h3-5,10,15H,2,6-9,14H2,1H3. The van der Waals surface area contributed by atoms with Gasteiger partial charge in [0.25, 0.3) is 0 Å². The summed E-state index contributed by atoms with van der Waals surface area (Å²) in [7, 11) is 0. The number of morpholine rings is 1. The molecule has 1 aromatic carbocycles. The van der Waals surface area contributed by atoms with E-state index in [1.807, 2.05) is 0 Å². The highest BCUT2D eigenvalue weighted by Crippen LogP contribution is 2.30. The van der Waals surface area contributed by atoms with E-state index in [1.54, 1.807) is 12.1 Å². The van der Waals surface area contributed by atoms with E-state index in [1.165, 1.54) is 6.07 Å². The highest BCUT2D eigenvalue weighted by Gasteiger charge is 2.22. The quantitative estimate of drug-likeness (QED) is 0.480. The Balaban J connectivity index is 2.00. The molecule has 0 spiro atoms. The van der Waals surface area contributed by atoms with E-state index in [4.69, 9.17) is 10.5 Å². The van der Waals surface area contributed by atoms with Crippen molar-refractivity contribution in [3.63, 3.8) is 0 Å². The molecule has 0 amide bonds. The number of nitrogens with one attached hydrogen (secondary N) is 1. The first-order chi connectivity index (χ1) is 9.61. The molecule has 110 valence electrons. The predicted molar refractivity (Wildman–Crippen MR) is 77.9 cm³/mol. The number of anilines is 2. The number of nitrogens with zero attached hydrogens (tertiary/aromatic N) is 2. The zero-order valence-corrected chi connectivity index (χ0v) is 11.5. The van der Waals surface area contributed by atoms with Crippen LogP contribution in [0.2, 0.25) is 0 Å². The largest absolute Gasteiger partial charge is 0.393 e. The number of rotatable bonds is 5. The molecule has 1 fully saturated rings. The van der Waals surface area contributed by atoms with E-state index in [0.717, 1.165) is 19.6 Å². The second kappa shape index (κ2) is 6.53. The third kappa shape index (κ3) is 3.37. The second-order valence-corrected chi connectivity index (χ2v) is 4.77. The normalized spacial score (nSPS) is 19.8. The summed E-state index contributed by atoms with van der Waals surface area (Å²) in [6.07, 6.45) is 0.0322. The maximum absolute atomic E-state index is 11.0. The van der Waals surface area contributed by atoms with Crippen LogP contribution in [0.15, 0.2) is 18.2 Å². The lowest BCUT2D eigenvalue weighted by Crippen LogP contribution is -2.45. The zero-order chi connectivity index (χ0) is 14.5. The second-order valence-electron chi connectivity index (χ2n) is 4.77. The molecule has 7 heteroatoms. The molecular weight excluding hydrogens is 260 g/mol. The minimum absolute atomic E-state index is 0.0322. The minimum Gasteiger partial charge on any atom is -0.393 e. The summed E-state index contributed by atoms with van der Waals surface area (Å²) >= 11 is 0. The van der Waals surface area contributed by atoms with Crippen LogP contribution in [-0.4, -0.2) is 48.7 Å². The van der Waals surface area contributed by atoms with E-state index >= 15 is 0 Å². The number of nitrogens with two attached hydrogens (primary N) is 1. The summed E-state index contributed by atoms with van der Waals surface area (Å²) in [5, 5.41) is 14.1. The third-order valence-electron chi connectivity index (χ3n) is 3.44. The molecule has 3 N–H and O–H groups in total. The Morgan fingerprint density at radius 3 is 3.10 bits per heavy atom. The van der Waals surface area contributed by atoms with Crippen LogP contribution >= 0.6 is 0 Å². The van der Waals surface area contributed by atoms with Gasteiger partial charge in [0.2, 0.25) is 0 Å². The minimum atomic E-state index is -0.461. The fourth-order valence-electron chi connectivity index (χ4n) is 2.32. The fraction of sp³-hybridized carbons (Fsp3) is 0.538. The van der Waals surface area contributed by atoms with Gasteiger partial charge in [-0.2, -0.15) is 0 Å². The van der Waals surface area contributed by atoms with E-state index < -0.39 is 4.92 Å². The van der Waals surface area contributed by atoms with Crippen molar-refractivity contribution < 1.29 is 9.66 Å². The Morgan fingerprint density at radius 1 is 1.60 bits per heavy atom. The molecule has 1 atom stereocenters. The van der Waals surface area contributed by atoms with Crippen LogP contribution in [0.25, 0.3) is 0 Å². The highest BCUT2D eigenvalue weighted by atomic mass is 16.6. The molecule has 0 aromatic heterocycles. The van der Waals surface area contributed by atoms with E-state index in [0.29, 0.717) is 18.8 Å². The average molecular weight is 280 g/mol. The Hall–Kier alpha value is -1.86. The number of nitrogen functional groups attached to an aromatic ring is 1. The Bertz CT molecular complexity index is 481. The Labute approximate surface area is 117 Å². The molecule has 1 saturated heterocycles. The number of para-hydroxylation sites is 1. The maximum atomic E-state index is 11.0. The Kier molecular flexibility index (Phi) is 4.75. The van der Waals surface area contributed by atoms with Crippen molar-refractivity contribution in [3.05, 3.63) is 28.3 Å². The van der Waals surface area contributed by atoms with Crippen LogP contribution < -0.4 is 11.1 Å². The first kappa shape index (κ1) is 14.5. The van der Waals surface area contributed by atoms with Gasteiger partial charge in [-0.05, 0) is 18.7 Å². The molecule has 1 aliphatic heterocycles. The van der Waals surface area contributed by atoms with Crippen LogP contribution in [-0.2, 0) is 4.74 Å². The van der Waals surface area contributed by atoms with Gasteiger partial charge in [0.05, 0.1) is 17.6 Å². The van der Waals surface area contributed by atoms with Crippen LogP contribution in [0.1, 0.15) is 6.92 Å². The van der Waals surface area contributed by atoms with Gasteiger partial charge in [0.1, 0.15) is 11.4 Å². The zero-order valence-electron chi connectivity index (χ0n) is 11.5. The lowest BCUT2D eigenvalue weighted by atomic mass is 10.2. The smallest absolute Gasteiger partial charge is 0.314 e. The molecule has 0 saturated carbocycles. The monoisotopic (exact) mass is 280 g/mol. The van der Waals surface area contributed by atoms with Gasteiger partial charge in [-0.15, -0.1) is 0 Å². The van der Waals surface area contributed by atoms with Gasteiger partial charge in [-0.3, -0.25) is 15.0 Å². The molecule has 2 rings (SSSR count). The number of benzene rings is 1. The topological polar surface area (TPSA) is 93.7 Å². The summed E-state index contributed by atoms with van der Waals surface area (Å²) < 4.78 is 5.66. The number of nitro groups is 1. The van der Waals surface area contributed by atoms with Gasteiger partial charge < -0.3 is 15.8 Å². The van der Waals surface area contributed by atoms with Crippen molar-refractivity contribution in [2.24, 2.45) is 0 Å². The number of hydrogen-bond acceptors (Lipinski definition) is 6. The molecule has 1 aliphatic rings. The molecule has 0 radical (unpaired) electrons. The van der Waals surface area contributed by atoms with Crippen LogP contribution in [0.3, 0.4) is 0 Å². The number of hydrogen-bond donors (Lipinski definition) is 2. The number of likely N-dealkylation sites (N-methyl/N-ethyl adjacent to an activating group) is 1. The van der Waals surface area contributed by atoms with Crippen molar-refractivity contribution >= 4 is 17.1 Å². The van der Waals surface area contributed by atoms with Gasteiger partial charge in [0, 0.05) is 19.6 Å². The third-order valence-corrected chi connectivity index (χ3v) is 3.44. The average Bonchev–Trinajstić information content (AvgIpc) is 2.45. The molecular formula is C13H20N4O3. The molecule has 20 heavy (non-hydrogen) atoms. The fourth-order valence-corrected chi connectivity index (χ4v) is 2.32. The van der Waals surface area contributed by atoms with Gasteiger partial charge >= 0.3 is 5.69 Å². The molecule has 1 unspecified atom stereocenters. The highest BCUT2D eigenvalue weighted by molar-refractivity contribution is 5.74. The summed E-state index contributed by atoms with van der Waals surface area (Å²) in [5.41, 5.74) is 6.18. The van der Waals surface area contributed by atoms with Crippen LogP contribution in [0.5, 0.6) is 0 Å². The lowest BCUT2D eigenvalue weighted by Gasteiger charge is -2.32. The van der Waals surface area contributed by atoms with Crippen molar-refractivity contribution in [3.8, 4) is 0 Å². The number of nitro benzene ring substituents is 1. The molecule has 7 nitrogen and oxygen atoms in total. The van der Waals surface area contributed by atoms with Crippen molar-refractivity contribution in [2.45, 2.75) is 13.0 Å². The summed E-state index contributed by atoms with van der Waals surface area (Å²) in [6, 6.07) is 4.89. The van der Waals surface area contributed by atoms with Crippen LogP contribution in [0.4, 0.5) is 17.1 Å². The SMILES string of the molecule is CCN1CCOC(CNc2cccc(N)c2[N+](=O)[O-])C1. The summed E-state index contributed by atoms with van der Waals surface area (Å²) in [6.45, 7) is 6.09. The van der Waals surface area contributed by atoms with Crippen molar-refractivity contribution in [1.82, 2.24) is 4.90 Å². The summed E-state index contributed by atoms with van der Waals surface area (Å²) in [5.74, 6) is 0. The maximum Gasteiger partial charge on any atom is 0.314 e. The first-order valence-electron chi connectivity index (χ1n) is 6.72. The Morgan fingerprint density at radius 2 is 2.40 bits per heavy atom. The lowest BCUT2D eigenvalue weighted by molar-refractivity contribution is -0.383. The van der Waals surface area contributed by atoms with E-state index in [9.17, 15) is 10.1 Å². The predicted octanol–water partition coefficient (Wildman–Crippen LogP) is 1.31. The van der Waals surface area contributed by atoms with Crippen molar-refractivity contribution in [1.29, 1.82) is 0 Å². The van der Waals surface area contributed by atoms with Gasteiger partial charge in [0.15, 0.2) is 0 Å². The van der Waals surface area contributed by atoms with Crippen LogP contribution in [0, 0.1) is 10.1 Å². The molecule has 0 aliphatic carbocycles. The molecule has 1 heterocycles. The van der Waals surface area contributed by atoms with Gasteiger partial charge in [-0.25, -0.2) is 0 Å².